The molecule has 0 aromatic heterocycles. The molecule has 0 fully saturated rings. The number of anilines is 1. The molecule has 1 unspecified atom stereocenters. The lowest BCUT2D eigenvalue weighted by molar-refractivity contribution is 0.272. The summed E-state index contributed by atoms with van der Waals surface area (Å²) in [6.07, 6.45) is 1.87. The summed E-state index contributed by atoms with van der Waals surface area (Å²) in [6.45, 7) is 1.36. The first-order valence-electron chi connectivity index (χ1n) is 5.73. The van der Waals surface area contributed by atoms with Crippen LogP contribution in [0.2, 0.25) is 0 Å². The van der Waals surface area contributed by atoms with Gasteiger partial charge in [0.05, 0.1) is 6.04 Å². The summed E-state index contributed by atoms with van der Waals surface area (Å²) in [4.78, 5) is 0. The number of hydrogen-bond acceptors (Lipinski definition) is 3. The van der Waals surface area contributed by atoms with Gasteiger partial charge in [0.15, 0.2) is 5.82 Å². The summed E-state index contributed by atoms with van der Waals surface area (Å²) < 4.78 is 31.8. The van der Waals surface area contributed by atoms with Crippen molar-refractivity contribution in [1.82, 2.24) is 5.32 Å². The van der Waals surface area contributed by atoms with Crippen LogP contribution in [0.4, 0.5) is 14.5 Å². The normalized spacial score (nSPS) is 18.2. The molecule has 2 N–H and O–H groups in total. The molecule has 3 nitrogen and oxygen atoms in total. The molecule has 0 spiro atoms. The Hall–Kier alpha value is -1.36. The van der Waals surface area contributed by atoms with E-state index in [0.717, 1.165) is 25.5 Å². The molecule has 5 heteroatoms. The predicted octanol–water partition coefficient (Wildman–Crippen LogP) is 2.14. The molecule has 1 aromatic rings. The summed E-state index contributed by atoms with van der Waals surface area (Å²) in [5.41, 5.74) is 0.270. The van der Waals surface area contributed by atoms with Crippen molar-refractivity contribution in [2.75, 3.05) is 25.5 Å². The van der Waals surface area contributed by atoms with Crippen molar-refractivity contribution in [3.63, 3.8) is 0 Å². The van der Waals surface area contributed by atoms with E-state index < -0.39 is 11.6 Å². The number of ether oxygens (including phenoxy) is 1. The zero-order chi connectivity index (χ0) is 12.3. The highest BCUT2D eigenvalue weighted by atomic mass is 19.1. The molecule has 0 aliphatic carbocycles. The van der Waals surface area contributed by atoms with Crippen LogP contribution >= 0.6 is 0 Å². The van der Waals surface area contributed by atoms with Gasteiger partial charge in [0.1, 0.15) is 23.9 Å². The summed E-state index contributed by atoms with van der Waals surface area (Å²) in [5.74, 6) is -0.956. The predicted molar refractivity (Wildman–Crippen MR) is 62.4 cm³/mol. The molecule has 1 aliphatic rings. The fraction of sp³-hybridized carbons (Fsp3) is 0.500. The molecule has 94 valence electrons. The molecule has 0 saturated carbocycles. The third-order valence-corrected chi connectivity index (χ3v) is 2.79. The van der Waals surface area contributed by atoms with Crippen LogP contribution in [0.3, 0.4) is 0 Å². The Bertz CT molecular complexity index is 398. The van der Waals surface area contributed by atoms with E-state index in [9.17, 15) is 8.78 Å². The monoisotopic (exact) mass is 242 g/mol. The van der Waals surface area contributed by atoms with Gasteiger partial charge in [-0.2, -0.15) is 0 Å². The molecule has 1 aliphatic heterocycles. The van der Waals surface area contributed by atoms with E-state index in [4.69, 9.17) is 4.74 Å². The lowest BCUT2D eigenvalue weighted by Crippen LogP contribution is -2.32. The second-order valence-corrected chi connectivity index (χ2v) is 4.16. The first-order valence-corrected chi connectivity index (χ1v) is 5.73. The summed E-state index contributed by atoms with van der Waals surface area (Å²) in [7, 11) is 1.89. The fourth-order valence-electron chi connectivity index (χ4n) is 1.92. The average Bonchev–Trinajstić information content (AvgIpc) is 2.30. The number of benzene rings is 1. The first-order chi connectivity index (χ1) is 8.20. The van der Waals surface area contributed by atoms with Crippen LogP contribution in [0.15, 0.2) is 12.1 Å². The number of hydrogen-bond donors (Lipinski definition) is 2. The topological polar surface area (TPSA) is 33.3 Å². The molecule has 1 atom stereocenters. The molecule has 0 saturated heterocycles. The third kappa shape index (κ3) is 2.85. The maximum atomic E-state index is 13.5. The van der Waals surface area contributed by atoms with Gasteiger partial charge in [0, 0.05) is 12.1 Å². The molecular formula is C12H16F2N2O. The van der Waals surface area contributed by atoms with Crippen LogP contribution in [0.25, 0.3) is 0 Å². The van der Waals surface area contributed by atoms with Crippen LogP contribution in [-0.2, 0) is 0 Å². The van der Waals surface area contributed by atoms with E-state index >= 15 is 0 Å². The Morgan fingerprint density at radius 2 is 2.29 bits per heavy atom. The minimum Gasteiger partial charge on any atom is -0.489 e. The minimum absolute atomic E-state index is 0.0795. The van der Waals surface area contributed by atoms with E-state index in [-0.39, 0.29) is 17.5 Å². The highest BCUT2D eigenvalue weighted by Crippen LogP contribution is 2.33. The number of rotatable bonds is 4. The van der Waals surface area contributed by atoms with Crippen molar-refractivity contribution in [1.29, 1.82) is 0 Å². The molecule has 0 amide bonds. The summed E-state index contributed by atoms with van der Waals surface area (Å²) in [5, 5.41) is 6.11. The SMILES string of the molecule is CNCCCC1COc2cc(F)cc(F)c2N1. The summed E-state index contributed by atoms with van der Waals surface area (Å²) in [6, 6.07) is 2.15. The summed E-state index contributed by atoms with van der Waals surface area (Å²) >= 11 is 0. The molecular weight excluding hydrogens is 226 g/mol. The smallest absolute Gasteiger partial charge is 0.153 e. The Balaban J connectivity index is 2.03. The molecule has 0 radical (unpaired) electrons. The number of nitrogens with one attached hydrogen (secondary N) is 2. The van der Waals surface area contributed by atoms with E-state index in [2.05, 4.69) is 10.6 Å². The largest absolute Gasteiger partial charge is 0.489 e. The maximum Gasteiger partial charge on any atom is 0.153 e. The van der Waals surface area contributed by atoms with Crippen molar-refractivity contribution in [3.05, 3.63) is 23.8 Å². The minimum atomic E-state index is -0.614. The fourth-order valence-corrected chi connectivity index (χ4v) is 1.92. The zero-order valence-electron chi connectivity index (χ0n) is 9.72. The second-order valence-electron chi connectivity index (χ2n) is 4.16. The van der Waals surface area contributed by atoms with Crippen molar-refractivity contribution >= 4 is 5.69 Å². The van der Waals surface area contributed by atoms with Gasteiger partial charge in [-0.15, -0.1) is 0 Å². The van der Waals surface area contributed by atoms with Gasteiger partial charge in [-0.1, -0.05) is 0 Å². The standard InChI is InChI=1S/C12H16F2N2O/c1-15-4-2-3-9-7-17-11-6-8(13)5-10(14)12(11)16-9/h5-6,9,15-16H,2-4,7H2,1H3. The molecule has 1 heterocycles. The van der Waals surface area contributed by atoms with E-state index in [0.29, 0.717) is 6.61 Å². The number of halogens is 2. The lowest BCUT2D eigenvalue weighted by Gasteiger charge is -2.27. The van der Waals surface area contributed by atoms with Gasteiger partial charge in [0.2, 0.25) is 0 Å². The van der Waals surface area contributed by atoms with E-state index in [1.807, 2.05) is 7.05 Å². The second kappa shape index (κ2) is 5.31. The Kier molecular flexibility index (Phi) is 3.78. The average molecular weight is 242 g/mol. The Labute approximate surface area is 99.2 Å². The van der Waals surface area contributed by atoms with Crippen molar-refractivity contribution in [2.45, 2.75) is 18.9 Å². The Morgan fingerprint density at radius 1 is 1.47 bits per heavy atom. The molecule has 1 aromatic carbocycles. The number of fused-ring (bicyclic) bond motifs is 1. The third-order valence-electron chi connectivity index (χ3n) is 2.79. The van der Waals surface area contributed by atoms with Crippen molar-refractivity contribution in [3.8, 4) is 5.75 Å². The van der Waals surface area contributed by atoms with Gasteiger partial charge >= 0.3 is 0 Å². The van der Waals surface area contributed by atoms with Crippen molar-refractivity contribution in [2.24, 2.45) is 0 Å². The highest BCUT2D eigenvalue weighted by molar-refractivity contribution is 5.59. The van der Waals surface area contributed by atoms with Crippen LogP contribution < -0.4 is 15.4 Å². The Morgan fingerprint density at radius 3 is 3.06 bits per heavy atom. The van der Waals surface area contributed by atoms with Crippen LogP contribution in [0.1, 0.15) is 12.8 Å². The highest BCUT2D eigenvalue weighted by Gasteiger charge is 2.22. The van der Waals surface area contributed by atoms with Crippen LogP contribution in [0.5, 0.6) is 5.75 Å². The first kappa shape index (κ1) is 12.1. The maximum absolute atomic E-state index is 13.5. The van der Waals surface area contributed by atoms with E-state index in [1.165, 1.54) is 6.07 Å². The van der Waals surface area contributed by atoms with Gasteiger partial charge in [-0.25, -0.2) is 8.78 Å². The van der Waals surface area contributed by atoms with Crippen molar-refractivity contribution < 1.29 is 13.5 Å². The quantitative estimate of drug-likeness (QED) is 0.794. The van der Waals surface area contributed by atoms with Gasteiger partial charge in [-0.3, -0.25) is 0 Å². The van der Waals surface area contributed by atoms with Gasteiger partial charge < -0.3 is 15.4 Å². The zero-order valence-corrected chi connectivity index (χ0v) is 9.72. The van der Waals surface area contributed by atoms with E-state index in [1.54, 1.807) is 0 Å². The van der Waals surface area contributed by atoms with Gasteiger partial charge in [-0.05, 0) is 26.4 Å². The van der Waals surface area contributed by atoms with Crippen LogP contribution in [0, 0.1) is 11.6 Å². The van der Waals surface area contributed by atoms with Gasteiger partial charge in [0.25, 0.3) is 0 Å². The lowest BCUT2D eigenvalue weighted by atomic mass is 10.1. The molecule has 2 rings (SSSR count). The molecule has 17 heavy (non-hydrogen) atoms. The van der Waals surface area contributed by atoms with Crippen LogP contribution in [-0.4, -0.2) is 26.2 Å². The molecule has 0 bridgehead atoms.